The summed E-state index contributed by atoms with van der Waals surface area (Å²) in [6.45, 7) is 16.5. The van der Waals surface area contributed by atoms with Gasteiger partial charge in [-0.25, -0.2) is 0 Å². The molecule has 1 aliphatic heterocycles. The fourth-order valence-corrected chi connectivity index (χ4v) is 12.4. The molecule has 14 atom stereocenters. The molecule has 5 rings (SSSR count). The molecule has 4 fully saturated rings. The van der Waals surface area contributed by atoms with Gasteiger partial charge in [0.15, 0.2) is 6.29 Å². The van der Waals surface area contributed by atoms with Gasteiger partial charge in [0.05, 0.1) is 6.10 Å². The van der Waals surface area contributed by atoms with Crippen molar-refractivity contribution < 1.29 is 34.3 Å². The van der Waals surface area contributed by atoms with E-state index in [0.29, 0.717) is 35.5 Å². The number of carbonyl (C=O) groups excluding carboxylic acids is 1. The van der Waals surface area contributed by atoms with Gasteiger partial charge in [-0.2, -0.15) is 0 Å². The first kappa shape index (κ1) is 52.2. The average Bonchev–Trinajstić information content (AvgIpc) is 3.64. The molecular formula is C57H88O7. The maximum Gasteiger partial charge on any atom is 0.306 e. The summed E-state index contributed by atoms with van der Waals surface area (Å²) < 4.78 is 18.0. The van der Waals surface area contributed by atoms with E-state index in [4.69, 9.17) is 14.2 Å². The maximum atomic E-state index is 12.6. The van der Waals surface area contributed by atoms with Gasteiger partial charge in [0.2, 0.25) is 0 Å². The van der Waals surface area contributed by atoms with E-state index in [1.165, 1.54) is 37.7 Å². The van der Waals surface area contributed by atoms with Crippen LogP contribution in [0.15, 0.2) is 96.7 Å². The highest BCUT2D eigenvalue weighted by Crippen LogP contribution is 2.67. The Balaban J connectivity index is 1.02. The monoisotopic (exact) mass is 885 g/mol. The van der Waals surface area contributed by atoms with Crippen LogP contribution in [-0.4, -0.2) is 64.7 Å². The summed E-state index contributed by atoms with van der Waals surface area (Å²) in [7, 11) is 0. The summed E-state index contributed by atoms with van der Waals surface area (Å²) in [5.41, 5.74) is 2.01. The molecular weight excluding hydrogens is 797 g/mol. The summed E-state index contributed by atoms with van der Waals surface area (Å²) in [5.74, 6) is 4.46. The third kappa shape index (κ3) is 13.9. The number of aliphatic hydroxyl groups excluding tert-OH is 3. The molecule has 3 saturated carbocycles. The molecule has 0 aromatic rings. The Morgan fingerprint density at radius 1 is 0.766 bits per heavy atom. The summed E-state index contributed by atoms with van der Waals surface area (Å²) in [6, 6.07) is 0. The summed E-state index contributed by atoms with van der Waals surface area (Å²) in [4.78, 5) is 12.6. The van der Waals surface area contributed by atoms with Crippen molar-refractivity contribution in [2.24, 2.45) is 52.3 Å². The van der Waals surface area contributed by atoms with Gasteiger partial charge in [-0.1, -0.05) is 145 Å². The third-order valence-corrected chi connectivity index (χ3v) is 16.3. The minimum absolute atomic E-state index is 0.141. The van der Waals surface area contributed by atoms with E-state index in [1.807, 2.05) is 12.2 Å². The van der Waals surface area contributed by atoms with Crippen LogP contribution >= 0.6 is 0 Å². The number of allylic oxidation sites excluding steroid dienone is 15. The minimum Gasteiger partial charge on any atom is -0.463 e. The van der Waals surface area contributed by atoms with Crippen molar-refractivity contribution in [3.8, 4) is 0 Å². The highest BCUT2D eigenvalue weighted by molar-refractivity contribution is 5.69. The number of hydrogen-bond donors (Lipinski definition) is 3. The van der Waals surface area contributed by atoms with Crippen LogP contribution in [0.1, 0.15) is 158 Å². The van der Waals surface area contributed by atoms with E-state index >= 15 is 0 Å². The lowest BCUT2D eigenvalue weighted by Gasteiger charge is -2.58. The predicted octanol–water partition coefficient (Wildman–Crippen LogP) is 12.7. The van der Waals surface area contributed by atoms with E-state index in [2.05, 4.69) is 127 Å². The zero-order valence-electron chi connectivity index (χ0n) is 40.9. The highest BCUT2D eigenvalue weighted by Gasteiger charge is 2.59. The van der Waals surface area contributed by atoms with Gasteiger partial charge in [0.25, 0.3) is 0 Å². The first-order valence-corrected chi connectivity index (χ1v) is 25.6. The third-order valence-electron chi connectivity index (χ3n) is 16.3. The molecule has 14 unspecified atom stereocenters. The molecule has 0 aromatic carbocycles. The molecule has 7 heteroatoms. The minimum atomic E-state index is -1.47. The smallest absolute Gasteiger partial charge is 0.306 e. The number of rotatable bonds is 23. The van der Waals surface area contributed by atoms with Gasteiger partial charge in [0.1, 0.15) is 31.0 Å². The summed E-state index contributed by atoms with van der Waals surface area (Å²) in [6.07, 6.45) is 43.5. The molecule has 7 nitrogen and oxygen atoms in total. The molecule has 0 amide bonds. The van der Waals surface area contributed by atoms with Crippen molar-refractivity contribution in [2.45, 2.75) is 194 Å². The number of hydrogen-bond acceptors (Lipinski definition) is 7. The molecule has 358 valence electrons. The highest BCUT2D eigenvalue weighted by atomic mass is 16.7. The second-order valence-electron chi connectivity index (χ2n) is 20.7. The zero-order chi connectivity index (χ0) is 46.1. The largest absolute Gasteiger partial charge is 0.463 e. The van der Waals surface area contributed by atoms with Crippen molar-refractivity contribution in [2.75, 3.05) is 6.61 Å². The molecule has 0 bridgehead atoms. The molecule has 1 heterocycles. The van der Waals surface area contributed by atoms with E-state index in [0.717, 1.165) is 82.0 Å². The fraction of sp³-hybridized carbons (Fsp3) is 0.702. The molecule has 3 N–H and O–H groups in total. The molecule has 0 spiro atoms. The normalized spacial score (nSPS) is 35.6. The van der Waals surface area contributed by atoms with Crippen LogP contribution in [0.3, 0.4) is 0 Å². The second-order valence-corrected chi connectivity index (χ2v) is 20.7. The number of ether oxygens (including phenoxy) is 3. The van der Waals surface area contributed by atoms with Crippen molar-refractivity contribution in [3.05, 3.63) is 96.7 Å². The van der Waals surface area contributed by atoms with Crippen LogP contribution in [0.4, 0.5) is 0 Å². The topological polar surface area (TPSA) is 105 Å². The number of fused-ring (bicyclic) bond motifs is 5. The molecule has 5 aliphatic rings. The Bertz CT molecular complexity index is 1670. The molecule has 1 saturated heterocycles. The first-order valence-electron chi connectivity index (χ1n) is 25.6. The SMILES string of the molecule is CC/C=C\C/C=C\C/C=C\C/C=C\C/C=C\C/C=C\CCC(=O)OCC1OC(OC2CCC3(C)C(=CCC4C3CCC3(C)C(C(C)/C=C/C(CC)C(C)C)CCC43)C2)C(O)C(O)C1O. The van der Waals surface area contributed by atoms with Crippen molar-refractivity contribution in [1.29, 1.82) is 0 Å². The molecule has 64 heavy (non-hydrogen) atoms. The van der Waals surface area contributed by atoms with Crippen LogP contribution in [0.2, 0.25) is 0 Å². The van der Waals surface area contributed by atoms with Crippen molar-refractivity contribution >= 4 is 5.97 Å². The molecule has 0 aromatic heterocycles. The van der Waals surface area contributed by atoms with Gasteiger partial charge in [0, 0.05) is 6.42 Å². The number of aliphatic hydroxyl groups is 3. The van der Waals surface area contributed by atoms with Gasteiger partial charge < -0.3 is 29.5 Å². The summed E-state index contributed by atoms with van der Waals surface area (Å²) >= 11 is 0. The molecule has 4 aliphatic carbocycles. The van der Waals surface area contributed by atoms with Crippen LogP contribution in [-0.2, 0) is 19.0 Å². The Hall–Kier alpha value is -2.81. The van der Waals surface area contributed by atoms with E-state index < -0.39 is 36.7 Å². The Labute approximate surface area is 389 Å². The second kappa shape index (κ2) is 25.9. The Morgan fingerprint density at radius 2 is 1.39 bits per heavy atom. The van der Waals surface area contributed by atoms with Gasteiger partial charge in [-0.3, -0.25) is 4.79 Å². The lowest BCUT2D eigenvalue weighted by molar-refractivity contribution is -0.313. The summed E-state index contributed by atoms with van der Waals surface area (Å²) in [5, 5.41) is 32.5. The van der Waals surface area contributed by atoms with Crippen molar-refractivity contribution in [3.63, 3.8) is 0 Å². The van der Waals surface area contributed by atoms with Crippen LogP contribution in [0, 0.1) is 52.3 Å². The Morgan fingerprint density at radius 3 is 2.00 bits per heavy atom. The van der Waals surface area contributed by atoms with Gasteiger partial charge >= 0.3 is 5.97 Å². The average molecular weight is 885 g/mol. The van der Waals surface area contributed by atoms with Crippen molar-refractivity contribution in [1.82, 2.24) is 0 Å². The van der Waals surface area contributed by atoms with E-state index in [-0.39, 0.29) is 24.5 Å². The lowest BCUT2D eigenvalue weighted by Crippen LogP contribution is -2.60. The quantitative estimate of drug-likeness (QED) is 0.0693. The van der Waals surface area contributed by atoms with Gasteiger partial charge in [-0.05, 0) is 155 Å². The van der Waals surface area contributed by atoms with E-state index in [9.17, 15) is 20.1 Å². The predicted molar refractivity (Wildman–Crippen MR) is 262 cm³/mol. The number of carbonyl (C=O) groups is 1. The fourth-order valence-electron chi connectivity index (χ4n) is 12.4. The van der Waals surface area contributed by atoms with Gasteiger partial charge in [-0.15, -0.1) is 0 Å². The molecule has 0 radical (unpaired) electrons. The van der Waals surface area contributed by atoms with Crippen LogP contribution in [0.5, 0.6) is 0 Å². The van der Waals surface area contributed by atoms with E-state index in [1.54, 1.807) is 0 Å². The standard InChI is InChI=1S/C57H88O7/c1-8-10-11-12-13-14-15-16-17-18-19-20-21-22-23-24-25-26-27-28-51(58)62-40-50-52(59)53(60)54(61)55(64-50)63-45-35-37-56(6)44(39-45)31-32-46-48-34-33-47(57(48,7)38-36-49(46)56)42(5)29-30-43(9-2)41(3)4/h10-11,13-14,16-17,19-20,22-23,25-26,29-31,41-43,45-50,52-55,59-61H,8-9,12,15,18,21,24,27-28,32-40H2,1-7H3/b11-10-,14-13-,17-16-,20-19-,23-22-,26-25-,30-29+. The van der Waals surface area contributed by atoms with Crippen LogP contribution in [0.25, 0.3) is 0 Å². The Kier molecular flexibility index (Phi) is 21.1. The first-order chi connectivity index (χ1) is 30.8. The number of esters is 1. The maximum absolute atomic E-state index is 12.6. The zero-order valence-corrected chi connectivity index (χ0v) is 40.9. The van der Waals surface area contributed by atoms with Crippen LogP contribution < -0.4 is 0 Å². The lowest BCUT2D eigenvalue weighted by atomic mass is 9.47.